The van der Waals surface area contributed by atoms with Crippen LogP contribution in [0.15, 0.2) is 18.3 Å². The molecule has 1 heterocycles. The first-order valence-corrected chi connectivity index (χ1v) is 4.80. The van der Waals surface area contributed by atoms with Crippen LogP contribution in [-0.2, 0) is 5.41 Å². The minimum absolute atomic E-state index is 0.170. The molecular weight excluding hydrogens is 160 g/mol. The molecule has 2 atom stereocenters. The van der Waals surface area contributed by atoms with Gasteiger partial charge in [-0.1, -0.05) is 26.0 Å². The highest BCUT2D eigenvalue weighted by molar-refractivity contribution is 5.51. The zero-order valence-electron chi connectivity index (χ0n) is 8.26. The summed E-state index contributed by atoms with van der Waals surface area (Å²) in [5.41, 5.74) is 3.21. The number of hydrogen-bond acceptors (Lipinski definition) is 1. The van der Waals surface area contributed by atoms with Crippen LogP contribution in [0.4, 0.5) is 0 Å². The van der Waals surface area contributed by atoms with Crippen LogP contribution >= 0.6 is 0 Å². The quantitative estimate of drug-likeness (QED) is 0.601. The smallest absolute Gasteiger partial charge is 0.0528 e. The predicted molar refractivity (Wildman–Crippen MR) is 51.6 cm³/mol. The Bertz CT molecular complexity index is 400. The topological polar surface area (TPSA) is 28.7 Å². The van der Waals surface area contributed by atoms with Crippen molar-refractivity contribution in [2.75, 3.05) is 0 Å². The Labute approximate surface area is 78.0 Å². The van der Waals surface area contributed by atoms with Crippen LogP contribution in [-0.4, -0.2) is 10.2 Å². The number of allylic oxidation sites excluding steroid dienone is 2. The summed E-state index contributed by atoms with van der Waals surface area (Å²) in [4.78, 5) is 0. The van der Waals surface area contributed by atoms with Crippen molar-refractivity contribution in [1.82, 2.24) is 10.2 Å². The molecule has 1 aromatic heterocycles. The molecule has 2 bridgehead atoms. The maximum Gasteiger partial charge on any atom is 0.0528 e. The number of aromatic amines is 1. The molecule has 68 valence electrons. The summed E-state index contributed by atoms with van der Waals surface area (Å²) in [5.74, 6) is 0.561. The first kappa shape index (κ1) is 7.36. The second-order valence-electron chi connectivity index (χ2n) is 4.96. The number of nitrogens with one attached hydrogen (secondary N) is 1. The van der Waals surface area contributed by atoms with Crippen molar-refractivity contribution in [3.05, 3.63) is 29.6 Å². The van der Waals surface area contributed by atoms with Gasteiger partial charge in [0.2, 0.25) is 0 Å². The first-order chi connectivity index (χ1) is 6.07. The van der Waals surface area contributed by atoms with E-state index in [4.69, 9.17) is 0 Å². The molecule has 2 nitrogen and oxygen atoms in total. The molecule has 2 aliphatic carbocycles. The van der Waals surface area contributed by atoms with Crippen LogP contribution in [0.25, 0.3) is 0 Å². The summed E-state index contributed by atoms with van der Waals surface area (Å²) < 4.78 is 0. The molecule has 2 heteroatoms. The second kappa shape index (κ2) is 1.74. The lowest BCUT2D eigenvalue weighted by atomic mass is 9.69. The van der Waals surface area contributed by atoms with E-state index in [0.29, 0.717) is 11.3 Å². The van der Waals surface area contributed by atoms with Crippen LogP contribution < -0.4 is 0 Å². The molecule has 2 aliphatic rings. The van der Waals surface area contributed by atoms with Crippen molar-refractivity contribution in [3.8, 4) is 0 Å². The molecule has 0 fully saturated rings. The lowest BCUT2D eigenvalue weighted by Gasteiger charge is -2.34. The number of nitrogens with zero attached hydrogens (tertiary/aromatic N) is 1. The van der Waals surface area contributed by atoms with Gasteiger partial charge in [-0.3, -0.25) is 5.10 Å². The minimum atomic E-state index is 0.170. The number of H-pyrrole nitrogens is 1. The van der Waals surface area contributed by atoms with E-state index in [-0.39, 0.29) is 5.41 Å². The zero-order valence-corrected chi connectivity index (χ0v) is 8.26. The summed E-state index contributed by atoms with van der Waals surface area (Å²) in [5, 5.41) is 7.27. The van der Waals surface area contributed by atoms with E-state index < -0.39 is 0 Å². The van der Waals surface area contributed by atoms with Gasteiger partial charge in [-0.15, -0.1) is 0 Å². The van der Waals surface area contributed by atoms with Crippen molar-refractivity contribution in [2.24, 2.45) is 5.41 Å². The Kier molecular flexibility index (Phi) is 0.986. The van der Waals surface area contributed by atoms with E-state index in [0.717, 1.165) is 0 Å². The van der Waals surface area contributed by atoms with Crippen molar-refractivity contribution in [2.45, 2.75) is 32.1 Å². The summed E-state index contributed by atoms with van der Waals surface area (Å²) in [6.45, 7) is 6.98. The number of aromatic nitrogens is 2. The van der Waals surface area contributed by atoms with Crippen molar-refractivity contribution < 1.29 is 0 Å². The van der Waals surface area contributed by atoms with E-state index in [9.17, 15) is 0 Å². The third-order valence-electron chi connectivity index (χ3n) is 4.26. The summed E-state index contributed by atoms with van der Waals surface area (Å²) in [7, 11) is 0. The lowest BCUT2D eigenvalue weighted by Crippen LogP contribution is -2.32. The average molecular weight is 174 g/mol. The van der Waals surface area contributed by atoms with Crippen LogP contribution in [0.1, 0.15) is 37.9 Å². The maximum absolute atomic E-state index is 4.13. The third-order valence-corrected chi connectivity index (χ3v) is 4.26. The van der Waals surface area contributed by atoms with Crippen LogP contribution in [0.5, 0.6) is 0 Å². The fourth-order valence-electron chi connectivity index (χ4n) is 2.91. The van der Waals surface area contributed by atoms with Gasteiger partial charge in [0.25, 0.3) is 0 Å². The predicted octanol–water partition coefficient (Wildman–Crippen LogP) is 2.36. The first-order valence-electron chi connectivity index (χ1n) is 4.80. The van der Waals surface area contributed by atoms with E-state index in [2.05, 4.69) is 43.1 Å². The Balaban J connectivity index is 2.34. The molecule has 2 unspecified atom stereocenters. The lowest BCUT2D eigenvalue weighted by molar-refractivity contribution is 0.250. The molecular formula is C11H14N2. The summed E-state index contributed by atoms with van der Waals surface area (Å²) >= 11 is 0. The molecule has 1 aromatic rings. The van der Waals surface area contributed by atoms with Gasteiger partial charge in [-0.2, -0.15) is 5.10 Å². The van der Waals surface area contributed by atoms with Gasteiger partial charge in [-0.25, -0.2) is 0 Å². The largest absolute Gasteiger partial charge is 0.281 e. The summed E-state index contributed by atoms with van der Waals surface area (Å²) in [6.07, 6.45) is 6.65. The van der Waals surface area contributed by atoms with Gasteiger partial charge < -0.3 is 0 Å². The van der Waals surface area contributed by atoms with Gasteiger partial charge in [0.15, 0.2) is 0 Å². The van der Waals surface area contributed by atoms with E-state index in [1.807, 2.05) is 6.20 Å². The van der Waals surface area contributed by atoms with E-state index in [1.54, 1.807) is 0 Å². The van der Waals surface area contributed by atoms with Crippen LogP contribution in [0, 0.1) is 5.41 Å². The van der Waals surface area contributed by atoms with Crippen LogP contribution in [0.2, 0.25) is 0 Å². The highest BCUT2D eigenvalue weighted by atomic mass is 15.1. The normalized spacial score (nSPS) is 38.2. The second-order valence-corrected chi connectivity index (χ2v) is 4.96. The Hall–Kier alpha value is -1.05. The molecule has 1 N–H and O–H groups in total. The van der Waals surface area contributed by atoms with Gasteiger partial charge in [-0.05, 0) is 12.3 Å². The fraction of sp³-hybridized carbons (Fsp3) is 0.545. The SMILES string of the molecule is CC12C=CC(c3cn[nH]c31)C2(C)C. The van der Waals surface area contributed by atoms with Gasteiger partial charge >= 0.3 is 0 Å². The molecule has 0 saturated heterocycles. The molecule has 0 aromatic carbocycles. The van der Waals surface area contributed by atoms with E-state index in [1.165, 1.54) is 11.3 Å². The zero-order chi connectivity index (χ0) is 9.27. The highest BCUT2D eigenvalue weighted by Crippen LogP contribution is 2.63. The number of hydrogen-bond donors (Lipinski definition) is 1. The maximum atomic E-state index is 4.13. The molecule has 13 heavy (non-hydrogen) atoms. The monoisotopic (exact) mass is 174 g/mol. The molecule has 0 radical (unpaired) electrons. The molecule has 0 aliphatic heterocycles. The van der Waals surface area contributed by atoms with Crippen molar-refractivity contribution in [1.29, 1.82) is 0 Å². The van der Waals surface area contributed by atoms with Gasteiger partial charge in [0.1, 0.15) is 0 Å². The third kappa shape index (κ3) is 0.550. The number of fused-ring (bicyclic) bond motifs is 5. The Morgan fingerprint density at radius 1 is 1.38 bits per heavy atom. The Morgan fingerprint density at radius 2 is 2.15 bits per heavy atom. The van der Waals surface area contributed by atoms with Crippen LogP contribution in [0.3, 0.4) is 0 Å². The Morgan fingerprint density at radius 3 is 2.85 bits per heavy atom. The molecule has 0 spiro atoms. The standard InChI is InChI=1S/C11H14N2/c1-10(2)8-4-5-11(10,3)9-7(8)6-12-13-9/h4-6,8H,1-3H3,(H,12,13). The fourth-order valence-corrected chi connectivity index (χ4v) is 2.91. The molecule has 0 saturated carbocycles. The molecule has 0 amide bonds. The molecule has 3 rings (SSSR count). The van der Waals surface area contributed by atoms with Crippen molar-refractivity contribution >= 4 is 0 Å². The van der Waals surface area contributed by atoms with Crippen molar-refractivity contribution in [3.63, 3.8) is 0 Å². The van der Waals surface area contributed by atoms with Gasteiger partial charge in [0, 0.05) is 22.6 Å². The summed E-state index contributed by atoms with van der Waals surface area (Å²) in [6, 6.07) is 0. The average Bonchev–Trinajstić information content (AvgIpc) is 2.63. The van der Waals surface area contributed by atoms with E-state index >= 15 is 0 Å². The minimum Gasteiger partial charge on any atom is -0.281 e. The number of rotatable bonds is 0. The van der Waals surface area contributed by atoms with Gasteiger partial charge in [0.05, 0.1) is 6.20 Å². The highest BCUT2D eigenvalue weighted by Gasteiger charge is 2.57.